The van der Waals surface area contributed by atoms with Crippen LogP contribution >= 0.6 is 0 Å². The van der Waals surface area contributed by atoms with Crippen LogP contribution in [0.25, 0.3) is 11.1 Å². The Morgan fingerprint density at radius 2 is 0.893 bits per heavy atom. The number of hydrogen-bond acceptors (Lipinski definition) is 4. The summed E-state index contributed by atoms with van der Waals surface area (Å²) in [6.07, 6.45) is 0. The highest BCUT2D eigenvalue weighted by atomic mass is 15.1. The van der Waals surface area contributed by atoms with Crippen LogP contribution < -0.4 is 22.1 Å². The molecule has 0 unspecified atom stereocenters. The van der Waals surface area contributed by atoms with Crippen molar-refractivity contribution in [2.24, 2.45) is 0 Å². The van der Waals surface area contributed by atoms with E-state index in [1.807, 2.05) is 72.8 Å². The molecule has 0 bridgehead atoms. The Hall–Kier alpha value is -3.92. The van der Waals surface area contributed by atoms with Crippen LogP contribution in [0.1, 0.15) is 0 Å². The van der Waals surface area contributed by atoms with Crippen LogP contribution in [0.3, 0.4) is 0 Å². The number of nitrogens with two attached hydrogens (primary N) is 3. The summed E-state index contributed by atoms with van der Waals surface area (Å²) in [7, 11) is 0. The molecule has 4 heteroatoms. The van der Waals surface area contributed by atoms with Gasteiger partial charge in [0.2, 0.25) is 0 Å². The van der Waals surface area contributed by atoms with Gasteiger partial charge < -0.3 is 22.1 Å². The summed E-state index contributed by atoms with van der Waals surface area (Å²) >= 11 is 0. The molecule has 0 saturated heterocycles. The van der Waals surface area contributed by atoms with Gasteiger partial charge in [-0.2, -0.15) is 0 Å². The SMILES string of the molecule is Nc1ccc(-c2cccc(N(c3ccc(N)cc3)c3ccc(N)cc3)c2)cc1. The van der Waals surface area contributed by atoms with E-state index in [1.54, 1.807) is 0 Å². The standard InChI is InChI=1S/C24H22N4/c25-19-6-4-17(5-7-19)18-2-1-3-24(16-18)28(22-12-8-20(26)9-13-22)23-14-10-21(27)11-15-23/h1-16H,25-27H2. The molecule has 0 atom stereocenters. The molecule has 0 heterocycles. The lowest BCUT2D eigenvalue weighted by atomic mass is 10.0. The molecule has 0 spiro atoms. The summed E-state index contributed by atoms with van der Waals surface area (Å²) in [5.41, 5.74) is 25.2. The largest absolute Gasteiger partial charge is 0.399 e. The normalized spacial score (nSPS) is 10.6. The Labute approximate surface area is 164 Å². The molecule has 0 radical (unpaired) electrons. The highest BCUT2D eigenvalue weighted by molar-refractivity contribution is 5.81. The quantitative estimate of drug-likeness (QED) is 0.412. The smallest absolute Gasteiger partial charge is 0.0467 e. The maximum atomic E-state index is 5.89. The number of hydrogen-bond donors (Lipinski definition) is 3. The van der Waals surface area contributed by atoms with Gasteiger partial charge in [0.1, 0.15) is 0 Å². The van der Waals surface area contributed by atoms with Crippen LogP contribution in [-0.4, -0.2) is 0 Å². The zero-order valence-corrected chi connectivity index (χ0v) is 15.4. The van der Waals surface area contributed by atoms with Crippen LogP contribution in [-0.2, 0) is 0 Å². The third kappa shape index (κ3) is 3.62. The molecule has 0 aromatic heterocycles. The third-order valence-corrected chi connectivity index (χ3v) is 4.65. The topological polar surface area (TPSA) is 81.3 Å². The van der Waals surface area contributed by atoms with E-state index in [0.717, 1.165) is 45.3 Å². The van der Waals surface area contributed by atoms with Crippen molar-refractivity contribution in [3.05, 3.63) is 97.1 Å². The second-order valence-electron chi connectivity index (χ2n) is 6.69. The van der Waals surface area contributed by atoms with E-state index in [4.69, 9.17) is 17.2 Å². The monoisotopic (exact) mass is 366 g/mol. The summed E-state index contributed by atoms with van der Waals surface area (Å²) in [6, 6.07) is 32.0. The van der Waals surface area contributed by atoms with Crippen LogP contribution in [0.5, 0.6) is 0 Å². The average Bonchev–Trinajstić information content (AvgIpc) is 2.72. The molecule has 0 aliphatic carbocycles. The Bertz CT molecular complexity index is 1020. The first-order valence-corrected chi connectivity index (χ1v) is 9.07. The predicted molar refractivity (Wildman–Crippen MR) is 120 cm³/mol. The number of anilines is 6. The minimum atomic E-state index is 0.733. The molecular formula is C24H22N4. The molecule has 0 fully saturated rings. The van der Waals surface area contributed by atoms with Gasteiger partial charge in [-0.1, -0.05) is 24.3 Å². The first kappa shape index (κ1) is 17.5. The second-order valence-corrected chi connectivity index (χ2v) is 6.69. The van der Waals surface area contributed by atoms with Crippen molar-refractivity contribution in [1.82, 2.24) is 0 Å². The first-order chi connectivity index (χ1) is 13.6. The van der Waals surface area contributed by atoms with Crippen LogP contribution in [0, 0.1) is 0 Å². The van der Waals surface area contributed by atoms with Gasteiger partial charge in [0.15, 0.2) is 0 Å². The Kier molecular flexibility index (Phi) is 4.60. The second kappa shape index (κ2) is 7.37. The fraction of sp³-hybridized carbons (Fsp3) is 0. The fourth-order valence-corrected chi connectivity index (χ4v) is 3.19. The van der Waals surface area contributed by atoms with Crippen LogP contribution in [0.2, 0.25) is 0 Å². The van der Waals surface area contributed by atoms with Gasteiger partial charge in [-0.05, 0) is 83.9 Å². The van der Waals surface area contributed by atoms with E-state index in [0.29, 0.717) is 0 Å². The van der Waals surface area contributed by atoms with E-state index in [1.165, 1.54) is 0 Å². The highest BCUT2D eigenvalue weighted by Crippen LogP contribution is 2.37. The zero-order chi connectivity index (χ0) is 19.5. The molecule has 138 valence electrons. The van der Waals surface area contributed by atoms with E-state index < -0.39 is 0 Å². The molecule has 4 aromatic rings. The van der Waals surface area contributed by atoms with E-state index in [2.05, 4.69) is 29.2 Å². The van der Waals surface area contributed by atoms with Crippen LogP contribution in [0.15, 0.2) is 97.1 Å². The Balaban J connectivity index is 1.82. The van der Waals surface area contributed by atoms with Crippen molar-refractivity contribution >= 4 is 34.1 Å². The molecule has 0 saturated carbocycles. The third-order valence-electron chi connectivity index (χ3n) is 4.65. The van der Waals surface area contributed by atoms with Gasteiger partial charge in [0.25, 0.3) is 0 Å². The lowest BCUT2D eigenvalue weighted by Gasteiger charge is -2.26. The lowest BCUT2D eigenvalue weighted by molar-refractivity contribution is 1.28. The van der Waals surface area contributed by atoms with Crippen molar-refractivity contribution in [3.8, 4) is 11.1 Å². The molecule has 6 N–H and O–H groups in total. The lowest BCUT2D eigenvalue weighted by Crippen LogP contribution is -2.10. The van der Waals surface area contributed by atoms with Crippen LogP contribution in [0.4, 0.5) is 34.1 Å². The van der Waals surface area contributed by atoms with E-state index in [9.17, 15) is 0 Å². The zero-order valence-electron chi connectivity index (χ0n) is 15.4. The summed E-state index contributed by atoms with van der Waals surface area (Å²) in [6.45, 7) is 0. The highest BCUT2D eigenvalue weighted by Gasteiger charge is 2.13. The fourth-order valence-electron chi connectivity index (χ4n) is 3.19. The van der Waals surface area contributed by atoms with Crippen molar-refractivity contribution in [1.29, 1.82) is 0 Å². The maximum absolute atomic E-state index is 5.89. The average molecular weight is 366 g/mol. The van der Waals surface area contributed by atoms with Crippen molar-refractivity contribution in [2.45, 2.75) is 0 Å². The molecule has 0 aliphatic heterocycles. The van der Waals surface area contributed by atoms with Gasteiger partial charge in [-0.3, -0.25) is 0 Å². The van der Waals surface area contributed by atoms with Gasteiger partial charge in [0.05, 0.1) is 0 Å². The predicted octanol–water partition coefficient (Wildman–Crippen LogP) is 5.57. The molecule has 4 nitrogen and oxygen atoms in total. The number of rotatable bonds is 4. The van der Waals surface area contributed by atoms with Crippen molar-refractivity contribution in [2.75, 3.05) is 22.1 Å². The molecule has 0 amide bonds. The maximum Gasteiger partial charge on any atom is 0.0467 e. The molecule has 4 rings (SSSR count). The van der Waals surface area contributed by atoms with Gasteiger partial charge in [0, 0.05) is 34.1 Å². The summed E-state index contributed by atoms with van der Waals surface area (Å²) in [4.78, 5) is 2.18. The minimum Gasteiger partial charge on any atom is -0.399 e. The van der Waals surface area contributed by atoms with E-state index >= 15 is 0 Å². The Morgan fingerprint density at radius 1 is 0.429 bits per heavy atom. The summed E-state index contributed by atoms with van der Waals surface area (Å²) in [5, 5.41) is 0. The van der Waals surface area contributed by atoms with Crippen molar-refractivity contribution in [3.63, 3.8) is 0 Å². The molecule has 0 aliphatic rings. The van der Waals surface area contributed by atoms with Gasteiger partial charge in [-0.25, -0.2) is 0 Å². The minimum absolute atomic E-state index is 0.733. The number of nitrogens with zero attached hydrogens (tertiary/aromatic N) is 1. The first-order valence-electron chi connectivity index (χ1n) is 9.07. The van der Waals surface area contributed by atoms with Gasteiger partial charge in [-0.15, -0.1) is 0 Å². The van der Waals surface area contributed by atoms with E-state index in [-0.39, 0.29) is 0 Å². The Morgan fingerprint density at radius 3 is 1.39 bits per heavy atom. The molecular weight excluding hydrogens is 344 g/mol. The van der Waals surface area contributed by atoms with Gasteiger partial charge >= 0.3 is 0 Å². The summed E-state index contributed by atoms with van der Waals surface area (Å²) in [5.74, 6) is 0. The number of benzene rings is 4. The van der Waals surface area contributed by atoms with Crippen molar-refractivity contribution < 1.29 is 0 Å². The number of nitrogen functional groups attached to an aromatic ring is 3. The molecule has 4 aromatic carbocycles. The molecule has 28 heavy (non-hydrogen) atoms. The summed E-state index contributed by atoms with van der Waals surface area (Å²) < 4.78 is 0.